The Morgan fingerprint density at radius 3 is 2.40 bits per heavy atom. The van der Waals surface area contributed by atoms with Crippen molar-refractivity contribution in [1.82, 2.24) is 0 Å². The number of halogens is 1. The molecule has 4 nitrogen and oxygen atoms in total. The number of hydrogen-bond acceptors (Lipinski definition) is 4. The number of benzene rings is 1. The van der Waals surface area contributed by atoms with Gasteiger partial charge in [-0.3, -0.25) is 0 Å². The molecule has 0 saturated carbocycles. The van der Waals surface area contributed by atoms with Crippen LogP contribution in [0.5, 0.6) is 11.5 Å². The first kappa shape index (κ1) is 17.1. The Morgan fingerprint density at radius 2 is 1.90 bits per heavy atom. The van der Waals surface area contributed by atoms with Crippen molar-refractivity contribution >= 4 is 19.7 Å². The van der Waals surface area contributed by atoms with E-state index in [1.165, 1.54) is 0 Å². The lowest BCUT2D eigenvalue weighted by Gasteiger charge is -2.23. The van der Waals surface area contributed by atoms with Crippen LogP contribution in [0.1, 0.15) is 26.3 Å². The minimum Gasteiger partial charge on any atom is -0.493 e. The van der Waals surface area contributed by atoms with E-state index in [-0.39, 0.29) is 12.4 Å². The average Bonchev–Trinajstić information content (AvgIpc) is 2.33. The molecule has 1 rings (SSSR count). The maximum absolute atomic E-state index is 11.2. The minimum absolute atomic E-state index is 0.142. The summed E-state index contributed by atoms with van der Waals surface area (Å²) in [5.41, 5.74) is 0.575. The highest BCUT2D eigenvalue weighted by atomic mass is 35.7. The standard InChI is InChI=1S/C14H21ClO4S/c1-5-11-6-7-12(13(8-11)18-4)19-9-14(2,3)10-20(15,16)17/h6-8H,5,9-10H2,1-4H3. The van der Waals surface area contributed by atoms with Gasteiger partial charge < -0.3 is 9.47 Å². The molecular formula is C14H21ClO4S. The summed E-state index contributed by atoms with van der Waals surface area (Å²) in [7, 11) is 3.32. The molecule has 0 aliphatic carbocycles. The Labute approximate surface area is 125 Å². The average molecular weight is 321 g/mol. The van der Waals surface area contributed by atoms with Crippen molar-refractivity contribution in [3.63, 3.8) is 0 Å². The molecule has 0 aromatic heterocycles. The van der Waals surface area contributed by atoms with Gasteiger partial charge in [-0.2, -0.15) is 0 Å². The molecule has 0 spiro atoms. The lowest BCUT2D eigenvalue weighted by Crippen LogP contribution is -2.28. The fourth-order valence-electron chi connectivity index (χ4n) is 1.83. The van der Waals surface area contributed by atoms with Crippen LogP contribution < -0.4 is 9.47 Å². The van der Waals surface area contributed by atoms with E-state index in [9.17, 15) is 8.42 Å². The van der Waals surface area contributed by atoms with Crippen molar-refractivity contribution < 1.29 is 17.9 Å². The Kier molecular flexibility index (Phi) is 5.71. The second kappa shape index (κ2) is 6.68. The quantitative estimate of drug-likeness (QED) is 0.724. The maximum Gasteiger partial charge on any atom is 0.233 e. The van der Waals surface area contributed by atoms with E-state index in [4.69, 9.17) is 20.2 Å². The smallest absolute Gasteiger partial charge is 0.233 e. The molecule has 0 aliphatic rings. The van der Waals surface area contributed by atoms with Crippen LogP contribution in [-0.2, 0) is 15.5 Å². The van der Waals surface area contributed by atoms with Crippen LogP contribution in [0.25, 0.3) is 0 Å². The van der Waals surface area contributed by atoms with Gasteiger partial charge in [-0.15, -0.1) is 0 Å². The lowest BCUT2D eigenvalue weighted by atomic mass is 9.98. The summed E-state index contributed by atoms with van der Waals surface area (Å²) in [5, 5.41) is 0. The zero-order valence-electron chi connectivity index (χ0n) is 12.3. The van der Waals surface area contributed by atoms with Crippen LogP contribution in [0.3, 0.4) is 0 Å². The Bertz CT molecular complexity index is 552. The van der Waals surface area contributed by atoms with Crippen molar-refractivity contribution in [3.8, 4) is 11.5 Å². The van der Waals surface area contributed by atoms with Gasteiger partial charge in [0, 0.05) is 16.1 Å². The number of aryl methyl sites for hydroxylation is 1. The Balaban J connectivity index is 2.79. The molecule has 1 aromatic carbocycles. The van der Waals surface area contributed by atoms with Gasteiger partial charge >= 0.3 is 0 Å². The van der Waals surface area contributed by atoms with Crippen LogP contribution in [0, 0.1) is 5.41 Å². The Morgan fingerprint density at radius 1 is 1.25 bits per heavy atom. The van der Waals surface area contributed by atoms with Gasteiger partial charge in [0.1, 0.15) is 0 Å². The third-order valence-corrected chi connectivity index (χ3v) is 4.27. The highest BCUT2D eigenvalue weighted by Gasteiger charge is 2.26. The molecule has 0 amide bonds. The normalized spacial score (nSPS) is 12.2. The van der Waals surface area contributed by atoms with Crippen molar-refractivity contribution in [2.75, 3.05) is 19.5 Å². The summed E-state index contributed by atoms with van der Waals surface area (Å²) in [5.74, 6) is 1.11. The van der Waals surface area contributed by atoms with E-state index >= 15 is 0 Å². The predicted molar refractivity (Wildman–Crippen MR) is 81.3 cm³/mol. The van der Waals surface area contributed by atoms with E-state index in [0.29, 0.717) is 11.5 Å². The lowest BCUT2D eigenvalue weighted by molar-refractivity contribution is 0.193. The molecule has 1 aromatic rings. The van der Waals surface area contributed by atoms with E-state index in [1.54, 1.807) is 21.0 Å². The van der Waals surface area contributed by atoms with Gasteiger partial charge in [0.05, 0.1) is 19.5 Å². The largest absolute Gasteiger partial charge is 0.493 e. The van der Waals surface area contributed by atoms with Gasteiger partial charge in [-0.05, 0) is 24.1 Å². The molecule has 114 valence electrons. The first-order valence-corrected chi connectivity index (χ1v) is 8.87. The Hall–Kier alpha value is -0.940. The van der Waals surface area contributed by atoms with Gasteiger partial charge in [0.25, 0.3) is 0 Å². The second-order valence-electron chi connectivity index (χ2n) is 5.47. The van der Waals surface area contributed by atoms with E-state index in [0.717, 1.165) is 12.0 Å². The number of rotatable bonds is 7. The molecule has 0 atom stereocenters. The summed E-state index contributed by atoms with van der Waals surface area (Å²) in [6.45, 7) is 5.88. The van der Waals surface area contributed by atoms with Gasteiger partial charge in [0.2, 0.25) is 9.05 Å². The highest BCUT2D eigenvalue weighted by molar-refractivity contribution is 8.13. The monoisotopic (exact) mass is 320 g/mol. The molecule has 0 saturated heterocycles. The maximum atomic E-state index is 11.2. The summed E-state index contributed by atoms with van der Waals surface area (Å²) in [6.07, 6.45) is 0.909. The molecule has 0 fully saturated rings. The fourth-order valence-corrected chi connectivity index (χ4v) is 3.74. The molecular weight excluding hydrogens is 300 g/mol. The summed E-state index contributed by atoms with van der Waals surface area (Å²) >= 11 is 0. The molecule has 0 aliphatic heterocycles. The highest BCUT2D eigenvalue weighted by Crippen LogP contribution is 2.30. The molecule has 0 heterocycles. The van der Waals surface area contributed by atoms with Crippen molar-refractivity contribution in [1.29, 1.82) is 0 Å². The molecule has 0 radical (unpaired) electrons. The minimum atomic E-state index is -3.55. The molecule has 0 bridgehead atoms. The van der Waals surface area contributed by atoms with Crippen molar-refractivity contribution in [2.45, 2.75) is 27.2 Å². The first-order valence-electron chi connectivity index (χ1n) is 6.39. The number of hydrogen-bond donors (Lipinski definition) is 0. The molecule has 20 heavy (non-hydrogen) atoms. The number of ether oxygens (including phenoxy) is 2. The molecule has 6 heteroatoms. The summed E-state index contributed by atoms with van der Waals surface area (Å²) in [6, 6.07) is 5.71. The summed E-state index contributed by atoms with van der Waals surface area (Å²) < 4.78 is 33.3. The zero-order chi connectivity index (χ0) is 15.4. The van der Waals surface area contributed by atoms with E-state index in [1.807, 2.05) is 18.2 Å². The van der Waals surface area contributed by atoms with Crippen molar-refractivity contribution in [2.24, 2.45) is 5.41 Å². The second-order valence-corrected chi connectivity index (χ2v) is 8.25. The van der Waals surface area contributed by atoms with Gasteiger partial charge in [-0.1, -0.05) is 26.8 Å². The predicted octanol–water partition coefficient (Wildman–Crippen LogP) is 3.23. The van der Waals surface area contributed by atoms with Crippen LogP contribution in [-0.4, -0.2) is 27.9 Å². The first-order chi connectivity index (χ1) is 9.17. The molecule has 0 N–H and O–H groups in total. The number of methoxy groups -OCH3 is 1. The fraction of sp³-hybridized carbons (Fsp3) is 0.571. The molecule has 0 unspecified atom stereocenters. The van der Waals surface area contributed by atoms with E-state index < -0.39 is 14.5 Å². The summed E-state index contributed by atoms with van der Waals surface area (Å²) in [4.78, 5) is 0. The SMILES string of the molecule is CCc1ccc(OCC(C)(C)CS(=O)(=O)Cl)c(OC)c1. The van der Waals surface area contributed by atoms with Crippen LogP contribution in [0.2, 0.25) is 0 Å². The third kappa shape index (κ3) is 5.59. The van der Waals surface area contributed by atoms with Crippen LogP contribution in [0.15, 0.2) is 18.2 Å². The van der Waals surface area contributed by atoms with E-state index in [2.05, 4.69) is 6.92 Å². The van der Waals surface area contributed by atoms with Crippen molar-refractivity contribution in [3.05, 3.63) is 23.8 Å². The van der Waals surface area contributed by atoms with Gasteiger partial charge in [0.15, 0.2) is 11.5 Å². The van der Waals surface area contributed by atoms with Gasteiger partial charge in [-0.25, -0.2) is 8.42 Å². The topological polar surface area (TPSA) is 52.6 Å². The van der Waals surface area contributed by atoms with Crippen LogP contribution in [0.4, 0.5) is 0 Å². The zero-order valence-corrected chi connectivity index (χ0v) is 13.8. The third-order valence-electron chi connectivity index (χ3n) is 2.82. The van der Waals surface area contributed by atoms with Crippen LogP contribution >= 0.6 is 10.7 Å².